The molecule has 1 atom stereocenters. The van der Waals surface area contributed by atoms with E-state index < -0.39 is 29.7 Å². The second kappa shape index (κ2) is 4.40. The number of carbonyl (C=O) groups excluding carboxylic acids is 3. The highest BCUT2D eigenvalue weighted by Crippen LogP contribution is 2.32. The van der Waals surface area contributed by atoms with E-state index in [-0.39, 0.29) is 18.9 Å². The zero-order chi connectivity index (χ0) is 13.4. The summed E-state index contributed by atoms with van der Waals surface area (Å²) in [5.74, 6) is -3.26. The maximum atomic E-state index is 12.1. The van der Waals surface area contributed by atoms with Gasteiger partial charge in [-0.3, -0.25) is 24.2 Å². The fourth-order valence-corrected chi connectivity index (χ4v) is 2.04. The van der Waals surface area contributed by atoms with Crippen LogP contribution in [0.3, 0.4) is 0 Å². The predicted octanol–water partition coefficient (Wildman–Crippen LogP) is 0.0504. The molecule has 2 aliphatic rings. The molecule has 98 valence electrons. The number of rotatable bonds is 4. The standard InChI is InChI=1S/C11H14N2O5/c1-12-9(16)7(4-5-8(14)15)10(17)13(11(12)18)6-2-3-6/h6-7H,2-5H2,1H3,(H,14,15). The molecule has 1 unspecified atom stereocenters. The van der Waals surface area contributed by atoms with Crippen molar-refractivity contribution in [2.75, 3.05) is 7.05 Å². The molecule has 7 nitrogen and oxygen atoms in total. The molecule has 0 spiro atoms. The van der Waals surface area contributed by atoms with E-state index in [0.717, 1.165) is 22.6 Å². The van der Waals surface area contributed by atoms with Crippen molar-refractivity contribution in [2.45, 2.75) is 31.7 Å². The van der Waals surface area contributed by atoms with Crippen molar-refractivity contribution in [1.82, 2.24) is 9.80 Å². The third-order valence-corrected chi connectivity index (χ3v) is 3.22. The number of imide groups is 2. The Morgan fingerprint density at radius 2 is 1.89 bits per heavy atom. The van der Waals surface area contributed by atoms with Gasteiger partial charge in [-0.2, -0.15) is 0 Å². The van der Waals surface area contributed by atoms with E-state index in [1.165, 1.54) is 7.05 Å². The first kappa shape index (κ1) is 12.5. The van der Waals surface area contributed by atoms with Crippen LogP contribution in [0.25, 0.3) is 0 Å². The van der Waals surface area contributed by atoms with Gasteiger partial charge in [0.15, 0.2) is 0 Å². The Balaban J connectivity index is 2.17. The number of carboxylic acids is 1. The largest absolute Gasteiger partial charge is 0.481 e. The molecule has 0 aromatic carbocycles. The number of carboxylic acid groups (broad SMARTS) is 1. The summed E-state index contributed by atoms with van der Waals surface area (Å²) in [5.41, 5.74) is 0. The van der Waals surface area contributed by atoms with Crippen LogP contribution in [0.1, 0.15) is 25.7 Å². The van der Waals surface area contributed by atoms with Gasteiger partial charge in [-0.05, 0) is 19.3 Å². The number of carbonyl (C=O) groups is 4. The molecule has 4 amide bonds. The van der Waals surface area contributed by atoms with E-state index in [1.54, 1.807) is 0 Å². The van der Waals surface area contributed by atoms with E-state index in [1.807, 2.05) is 0 Å². The van der Waals surface area contributed by atoms with Crippen molar-refractivity contribution in [3.05, 3.63) is 0 Å². The summed E-state index contributed by atoms with van der Waals surface area (Å²) in [7, 11) is 1.32. The topological polar surface area (TPSA) is 95.0 Å². The molecule has 0 bridgehead atoms. The third-order valence-electron chi connectivity index (χ3n) is 3.22. The monoisotopic (exact) mass is 254 g/mol. The molecule has 1 saturated carbocycles. The Morgan fingerprint density at radius 1 is 1.28 bits per heavy atom. The fourth-order valence-electron chi connectivity index (χ4n) is 2.04. The molecular formula is C11H14N2O5. The van der Waals surface area contributed by atoms with Crippen molar-refractivity contribution < 1.29 is 24.3 Å². The first-order chi connectivity index (χ1) is 8.43. The van der Waals surface area contributed by atoms with Crippen LogP contribution in [-0.2, 0) is 14.4 Å². The Kier molecular flexibility index (Phi) is 3.06. The number of hydrogen-bond acceptors (Lipinski definition) is 4. The van der Waals surface area contributed by atoms with Crippen LogP contribution in [0.5, 0.6) is 0 Å². The Hall–Kier alpha value is -1.92. The van der Waals surface area contributed by atoms with Crippen molar-refractivity contribution in [3.63, 3.8) is 0 Å². The van der Waals surface area contributed by atoms with Crippen LogP contribution in [0.15, 0.2) is 0 Å². The number of amides is 4. The average molecular weight is 254 g/mol. The summed E-state index contributed by atoms with van der Waals surface area (Å²) in [4.78, 5) is 48.2. The van der Waals surface area contributed by atoms with Crippen LogP contribution < -0.4 is 0 Å². The first-order valence-corrected chi connectivity index (χ1v) is 5.80. The maximum Gasteiger partial charge on any atom is 0.333 e. The number of urea groups is 1. The van der Waals surface area contributed by atoms with Crippen molar-refractivity contribution >= 4 is 23.8 Å². The lowest BCUT2D eigenvalue weighted by Crippen LogP contribution is -2.59. The van der Waals surface area contributed by atoms with Crippen LogP contribution in [0.4, 0.5) is 4.79 Å². The highest BCUT2D eigenvalue weighted by molar-refractivity contribution is 6.16. The van der Waals surface area contributed by atoms with E-state index in [0.29, 0.717) is 0 Å². The maximum absolute atomic E-state index is 12.1. The van der Waals surface area contributed by atoms with Crippen molar-refractivity contribution in [1.29, 1.82) is 0 Å². The van der Waals surface area contributed by atoms with Gasteiger partial charge in [-0.15, -0.1) is 0 Å². The van der Waals surface area contributed by atoms with Crippen LogP contribution in [-0.4, -0.2) is 51.8 Å². The number of barbiturate groups is 1. The molecule has 2 rings (SSSR count). The van der Waals surface area contributed by atoms with E-state index in [4.69, 9.17) is 5.11 Å². The van der Waals surface area contributed by atoms with Gasteiger partial charge in [0.05, 0.1) is 0 Å². The lowest BCUT2D eigenvalue weighted by atomic mass is 9.98. The molecule has 0 radical (unpaired) electrons. The van der Waals surface area contributed by atoms with Gasteiger partial charge in [0.2, 0.25) is 11.8 Å². The number of nitrogens with zero attached hydrogens (tertiary/aromatic N) is 2. The second-order valence-corrected chi connectivity index (χ2v) is 4.60. The van der Waals surface area contributed by atoms with E-state index >= 15 is 0 Å². The zero-order valence-electron chi connectivity index (χ0n) is 9.96. The molecule has 1 N–H and O–H groups in total. The van der Waals surface area contributed by atoms with Crippen LogP contribution in [0.2, 0.25) is 0 Å². The molecule has 1 heterocycles. The van der Waals surface area contributed by atoms with Gasteiger partial charge in [-0.1, -0.05) is 0 Å². The molecule has 0 aromatic rings. The molecule has 1 aliphatic heterocycles. The summed E-state index contributed by atoms with van der Waals surface area (Å²) in [6.45, 7) is 0. The van der Waals surface area contributed by atoms with Crippen molar-refractivity contribution in [3.8, 4) is 0 Å². The molecule has 1 aliphatic carbocycles. The van der Waals surface area contributed by atoms with Crippen LogP contribution >= 0.6 is 0 Å². The Bertz CT molecular complexity index is 429. The zero-order valence-corrected chi connectivity index (χ0v) is 9.96. The van der Waals surface area contributed by atoms with E-state index in [9.17, 15) is 19.2 Å². The Labute approximate surface area is 103 Å². The molecule has 2 fully saturated rings. The third kappa shape index (κ3) is 2.07. The summed E-state index contributed by atoms with van der Waals surface area (Å²) in [5, 5.41) is 8.61. The Morgan fingerprint density at radius 3 is 2.39 bits per heavy atom. The first-order valence-electron chi connectivity index (χ1n) is 5.80. The fraction of sp³-hybridized carbons (Fsp3) is 0.636. The van der Waals surface area contributed by atoms with Gasteiger partial charge in [-0.25, -0.2) is 4.79 Å². The molecular weight excluding hydrogens is 240 g/mol. The molecule has 0 aromatic heterocycles. The van der Waals surface area contributed by atoms with Crippen LogP contribution in [0, 0.1) is 5.92 Å². The van der Waals surface area contributed by atoms with Gasteiger partial charge < -0.3 is 5.11 Å². The van der Waals surface area contributed by atoms with E-state index in [2.05, 4.69) is 0 Å². The average Bonchev–Trinajstić information content (AvgIpc) is 3.10. The van der Waals surface area contributed by atoms with Gasteiger partial charge in [0.1, 0.15) is 5.92 Å². The van der Waals surface area contributed by atoms with Gasteiger partial charge in [0.25, 0.3) is 0 Å². The lowest BCUT2D eigenvalue weighted by molar-refractivity contribution is -0.149. The smallest absolute Gasteiger partial charge is 0.333 e. The molecule has 18 heavy (non-hydrogen) atoms. The summed E-state index contributed by atoms with van der Waals surface area (Å²) in [6.07, 6.45) is 1.19. The van der Waals surface area contributed by atoms with Gasteiger partial charge >= 0.3 is 12.0 Å². The lowest BCUT2D eigenvalue weighted by Gasteiger charge is -2.35. The minimum Gasteiger partial charge on any atom is -0.481 e. The number of hydrogen-bond donors (Lipinski definition) is 1. The highest BCUT2D eigenvalue weighted by Gasteiger charge is 2.49. The quantitative estimate of drug-likeness (QED) is 0.715. The normalized spacial score (nSPS) is 24.7. The SMILES string of the molecule is CN1C(=O)C(CCC(=O)O)C(=O)N(C2CC2)C1=O. The van der Waals surface area contributed by atoms with Gasteiger partial charge in [0, 0.05) is 19.5 Å². The minimum absolute atomic E-state index is 0.0617. The van der Waals surface area contributed by atoms with Crippen molar-refractivity contribution in [2.24, 2.45) is 5.92 Å². The summed E-state index contributed by atoms with van der Waals surface area (Å²) < 4.78 is 0. The molecule has 1 saturated heterocycles. The summed E-state index contributed by atoms with van der Waals surface area (Å²) in [6, 6.07) is -0.716. The predicted molar refractivity (Wildman–Crippen MR) is 58.4 cm³/mol. The minimum atomic E-state index is -1.06. The second-order valence-electron chi connectivity index (χ2n) is 4.60. The highest BCUT2D eigenvalue weighted by atomic mass is 16.4. The number of aliphatic carboxylic acids is 1. The summed E-state index contributed by atoms with van der Waals surface area (Å²) >= 11 is 0. The molecule has 7 heteroatoms.